The molecule has 0 unspecified atom stereocenters. The number of carbonyl (C=O) groups is 2. The monoisotopic (exact) mass is 511 g/mol. The maximum atomic E-state index is 12.6. The Labute approximate surface area is 210 Å². The van der Waals surface area contributed by atoms with E-state index >= 15 is 0 Å². The van der Waals surface area contributed by atoms with Gasteiger partial charge in [-0.3, -0.25) is 9.59 Å². The fourth-order valence-corrected chi connectivity index (χ4v) is 4.04. The average Bonchev–Trinajstić information content (AvgIpc) is 3.46. The summed E-state index contributed by atoms with van der Waals surface area (Å²) in [6.45, 7) is 4.32. The molecule has 2 amide bonds. The molecule has 4 rings (SSSR count). The van der Waals surface area contributed by atoms with Crippen molar-refractivity contribution in [2.75, 3.05) is 11.9 Å². The first-order valence-corrected chi connectivity index (χ1v) is 11.9. The highest BCUT2D eigenvalue weighted by Crippen LogP contribution is 2.19. The Hall–Kier alpha value is -3.76. The lowest BCUT2D eigenvalue weighted by atomic mass is 10.1. The minimum absolute atomic E-state index is 0.177. The maximum Gasteiger partial charge on any atom is 0.286 e. The van der Waals surface area contributed by atoms with Crippen molar-refractivity contribution < 1.29 is 18.8 Å². The smallest absolute Gasteiger partial charge is 0.286 e. The SMILES string of the molecule is Cc1noc(C)c1CCNC(=O)c1cccc(NC(=O)c2nnc(COc3ccc(Cl)cc3)s2)c1. The molecule has 2 heterocycles. The molecule has 0 fully saturated rings. The van der Waals surface area contributed by atoms with E-state index in [1.54, 1.807) is 48.5 Å². The van der Waals surface area contributed by atoms with Crippen LogP contribution >= 0.6 is 22.9 Å². The fourth-order valence-electron chi connectivity index (χ4n) is 3.26. The molecular weight excluding hydrogens is 490 g/mol. The number of nitrogens with zero attached hydrogens (tertiary/aromatic N) is 3. The number of benzene rings is 2. The summed E-state index contributed by atoms with van der Waals surface area (Å²) in [7, 11) is 0. The highest BCUT2D eigenvalue weighted by molar-refractivity contribution is 7.13. The summed E-state index contributed by atoms with van der Waals surface area (Å²) in [6, 6.07) is 13.6. The molecule has 0 bridgehead atoms. The van der Waals surface area contributed by atoms with Crippen LogP contribution < -0.4 is 15.4 Å². The zero-order chi connectivity index (χ0) is 24.8. The second-order valence-corrected chi connectivity index (χ2v) is 9.09. The van der Waals surface area contributed by atoms with E-state index in [9.17, 15) is 9.59 Å². The molecule has 0 spiro atoms. The predicted octanol–water partition coefficient (Wildman–Crippen LogP) is 4.60. The molecule has 2 N–H and O–H groups in total. The average molecular weight is 512 g/mol. The van der Waals surface area contributed by atoms with Crippen molar-refractivity contribution in [3.63, 3.8) is 0 Å². The number of amides is 2. The summed E-state index contributed by atoms with van der Waals surface area (Å²) in [6.07, 6.45) is 0.616. The quantitative estimate of drug-likeness (QED) is 0.337. The van der Waals surface area contributed by atoms with Crippen molar-refractivity contribution in [2.24, 2.45) is 0 Å². The summed E-state index contributed by atoms with van der Waals surface area (Å²) in [5.74, 6) is 0.719. The van der Waals surface area contributed by atoms with E-state index in [2.05, 4.69) is 26.0 Å². The van der Waals surface area contributed by atoms with E-state index in [1.807, 2.05) is 13.8 Å². The Morgan fingerprint density at radius 2 is 1.89 bits per heavy atom. The maximum absolute atomic E-state index is 12.6. The zero-order valence-electron chi connectivity index (χ0n) is 19.0. The van der Waals surface area contributed by atoms with Gasteiger partial charge in [0.15, 0.2) is 5.01 Å². The van der Waals surface area contributed by atoms with Gasteiger partial charge in [0.05, 0.1) is 5.69 Å². The Balaban J connectivity index is 1.30. The number of nitrogens with one attached hydrogen (secondary N) is 2. The lowest BCUT2D eigenvalue weighted by Crippen LogP contribution is -2.26. The number of carbonyl (C=O) groups excluding carboxylic acids is 2. The molecule has 2 aromatic heterocycles. The van der Waals surface area contributed by atoms with E-state index in [0.29, 0.717) is 40.0 Å². The van der Waals surface area contributed by atoms with Crippen molar-refractivity contribution in [1.29, 1.82) is 0 Å². The molecule has 35 heavy (non-hydrogen) atoms. The molecule has 9 nitrogen and oxygen atoms in total. The third-order valence-electron chi connectivity index (χ3n) is 5.06. The number of hydrogen-bond donors (Lipinski definition) is 2. The van der Waals surface area contributed by atoms with Gasteiger partial charge in [-0.1, -0.05) is 34.2 Å². The second-order valence-electron chi connectivity index (χ2n) is 7.59. The number of ether oxygens (including phenoxy) is 1. The van der Waals surface area contributed by atoms with Gasteiger partial charge >= 0.3 is 0 Å². The van der Waals surface area contributed by atoms with Crippen molar-refractivity contribution >= 4 is 40.4 Å². The van der Waals surface area contributed by atoms with Gasteiger partial charge in [-0.05, 0) is 62.7 Å². The van der Waals surface area contributed by atoms with Gasteiger partial charge in [-0.2, -0.15) is 0 Å². The molecule has 0 atom stereocenters. The number of aryl methyl sites for hydroxylation is 2. The molecule has 0 saturated heterocycles. The lowest BCUT2D eigenvalue weighted by Gasteiger charge is -2.08. The van der Waals surface area contributed by atoms with Gasteiger partial charge < -0.3 is 19.9 Å². The third-order valence-corrected chi connectivity index (χ3v) is 6.21. The topological polar surface area (TPSA) is 119 Å². The van der Waals surface area contributed by atoms with Crippen LogP contribution in [0.2, 0.25) is 5.02 Å². The number of hydrogen-bond acceptors (Lipinski definition) is 8. The standard InChI is InChI=1S/C24H22ClN5O4S/c1-14-20(15(2)34-30-14)10-11-26-22(31)16-4-3-5-18(12-16)27-23(32)24-29-28-21(35-24)13-33-19-8-6-17(25)7-9-19/h3-9,12H,10-11,13H2,1-2H3,(H,26,31)(H,27,32). The molecule has 180 valence electrons. The Bertz CT molecular complexity index is 1320. The minimum atomic E-state index is -0.420. The zero-order valence-corrected chi connectivity index (χ0v) is 20.6. The summed E-state index contributed by atoms with van der Waals surface area (Å²) < 4.78 is 10.8. The summed E-state index contributed by atoms with van der Waals surface area (Å²) in [5, 5.41) is 18.8. The van der Waals surface area contributed by atoms with Gasteiger partial charge in [-0.25, -0.2) is 0 Å². The molecule has 0 aliphatic rings. The van der Waals surface area contributed by atoms with Crippen LogP contribution in [0.15, 0.2) is 53.1 Å². The van der Waals surface area contributed by atoms with Crippen molar-refractivity contribution in [3.05, 3.63) is 86.1 Å². The molecule has 0 aliphatic heterocycles. The lowest BCUT2D eigenvalue weighted by molar-refractivity contribution is 0.0952. The van der Waals surface area contributed by atoms with E-state index < -0.39 is 5.91 Å². The predicted molar refractivity (Wildman–Crippen MR) is 132 cm³/mol. The van der Waals surface area contributed by atoms with Crippen LogP contribution in [0.25, 0.3) is 0 Å². The summed E-state index contributed by atoms with van der Waals surface area (Å²) in [5.41, 5.74) is 2.71. The molecule has 0 aliphatic carbocycles. The van der Waals surface area contributed by atoms with Crippen LogP contribution in [-0.2, 0) is 13.0 Å². The van der Waals surface area contributed by atoms with Crippen LogP contribution in [0.5, 0.6) is 5.75 Å². The molecular formula is C24H22ClN5O4S. The Morgan fingerprint density at radius 1 is 1.09 bits per heavy atom. The normalized spacial score (nSPS) is 10.7. The largest absolute Gasteiger partial charge is 0.486 e. The van der Waals surface area contributed by atoms with Crippen LogP contribution in [-0.4, -0.2) is 33.7 Å². The first-order valence-electron chi connectivity index (χ1n) is 10.7. The van der Waals surface area contributed by atoms with E-state index in [-0.39, 0.29) is 17.5 Å². The van der Waals surface area contributed by atoms with Crippen LogP contribution in [0.4, 0.5) is 5.69 Å². The van der Waals surface area contributed by atoms with Crippen LogP contribution in [0, 0.1) is 13.8 Å². The van der Waals surface area contributed by atoms with Crippen molar-refractivity contribution in [2.45, 2.75) is 26.9 Å². The van der Waals surface area contributed by atoms with Gasteiger partial charge in [-0.15, -0.1) is 10.2 Å². The minimum Gasteiger partial charge on any atom is -0.486 e. The first-order chi connectivity index (χ1) is 16.9. The number of halogens is 1. The van der Waals surface area contributed by atoms with Crippen LogP contribution in [0.1, 0.15) is 42.2 Å². The Morgan fingerprint density at radius 3 is 2.63 bits per heavy atom. The van der Waals surface area contributed by atoms with E-state index in [4.69, 9.17) is 20.9 Å². The fraction of sp³-hybridized carbons (Fsp3) is 0.208. The van der Waals surface area contributed by atoms with Gasteiger partial charge in [0.1, 0.15) is 18.1 Å². The Kier molecular flexibility index (Phi) is 7.74. The third kappa shape index (κ3) is 6.43. The number of rotatable bonds is 9. The van der Waals surface area contributed by atoms with Gasteiger partial charge in [0.2, 0.25) is 5.01 Å². The van der Waals surface area contributed by atoms with Gasteiger partial charge in [0, 0.05) is 28.4 Å². The molecule has 0 saturated carbocycles. The second kappa shape index (κ2) is 11.1. The summed E-state index contributed by atoms with van der Waals surface area (Å²) >= 11 is 6.99. The van der Waals surface area contributed by atoms with E-state index in [1.165, 1.54) is 0 Å². The van der Waals surface area contributed by atoms with E-state index in [0.717, 1.165) is 28.4 Å². The van der Waals surface area contributed by atoms with Crippen LogP contribution in [0.3, 0.4) is 0 Å². The molecule has 4 aromatic rings. The van der Waals surface area contributed by atoms with Gasteiger partial charge in [0.25, 0.3) is 11.8 Å². The number of aromatic nitrogens is 3. The highest BCUT2D eigenvalue weighted by Gasteiger charge is 2.15. The van der Waals surface area contributed by atoms with Crippen molar-refractivity contribution in [1.82, 2.24) is 20.7 Å². The summed E-state index contributed by atoms with van der Waals surface area (Å²) in [4.78, 5) is 25.2. The highest BCUT2D eigenvalue weighted by atomic mass is 35.5. The molecule has 11 heteroatoms. The van der Waals surface area contributed by atoms with Crippen molar-refractivity contribution in [3.8, 4) is 5.75 Å². The molecule has 2 aromatic carbocycles. The first kappa shape index (κ1) is 24.4. The number of anilines is 1. The molecule has 0 radical (unpaired) electrons.